The normalized spacial score (nSPS) is 12.8. The van der Waals surface area contributed by atoms with Crippen molar-refractivity contribution in [3.05, 3.63) is 17.5 Å². The number of ether oxygens (including phenoxy) is 1. The molecule has 1 aromatic rings. The molecule has 1 unspecified atom stereocenters. The molecule has 0 aromatic carbocycles. The van der Waals surface area contributed by atoms with Crippen LogP contribution in [0.15, 0.2) is 12.5 Å². The summed E-state index contributed by atoms with van der Waals surface area (Å²) in [5.41, 5.74) is 0. The van der Waals surface area contributed by atoms with Crippen LogP contribution in [0.2, 0.25) is 5.02 Å². The molecule has 0 aliphatic carbocycles. The maximum absolute atomic E-state index is 5.98. The van der Waals surface area contributed by atoms with E-state index >= 15 is 0 Å². The molecular formula is C11H18ClN3O. The molecule has 1 rings (SSSR count). The third-order valence-corrected chi connectivity index (χ3v) is 2.57. The second-order valence-electron chi connectivity index (χ2n) is 3.87. The van der Waals surface area contributed by atoms with Gasteiger partial charge in [0.1, 0.15) is 17.2 Å². The van der Waals surface area contributed by atoms with Gasteiger partial charge in [0.25, 0.3) is 0 Å². The Hall–Kier alpha value is -0.870. The Morgan fingerprint density at radius 1 is 1.50 bits per heavy atom. The molecule has 4 nitrogen and oxygen atoms in total. The van der Waals surface area contributed by atoms with Gasteiger partial charge in [-0.05, 0) is 12.8 Å². The Labute approximate surface area is 101 Å². The summed E-state index contributed by atoms with van der Waals surface area (Å²) in [6.45, 7) is 7.60. The van der Waals surface area contributed by atoms with Crippen LogP contribution in [0.5, 0.6) is 0 Å². The number of halogens is 1. The van der Waals surface area contributed by atoms with Crippen molar-refractivity contribution in [3.8, 4) is 0 Å². The first-order valence-electron chi connectivity index (χ1n) is 5.45. The highest BCUT2D eigenvalue weighted by atomic mass is 35.5. The van der Waals surface area contributed by atoms with Gasteiger partial charge in [-0.2, -0.15) is 0 Å². The maximum Gasteiger partial charge on any atom is 0.148 e. The van der Waals surface area contributed by atoms with Crippen LogP contribution in [0.1, 0.15) is 20.8 Å². The van der Waals surface area contributed by atoms with Gasteiger partial charge in [0.2, 0.25) is 0 Å². The van der Waals surface area contributed by atoms with E-state index in [1.807, 2.05) is 6.92 Å². The van der Waals surface area contributed by atoms with Gasteiger partial charge in [0.05, 0.1) is 18.8 Å². The molecule has 0 saturated heterocycles. The van der Waals surface area contributed by atoms with Crippen LogP contribution in [-0.2, 0) is 4.74 Å². The zero-order valence-corrected chi connectivity index (χ0v) is 10.7. The van der Waals surface area contributed by atoms with Crippen LogP contribution in [0.4, 0.5) is 5.82 Å². The van der Waals surface area contributed by atoms with E-state index in [1.54, 1.807) is 6.20 Å². The largest absolute Gasteiger partial charge is 0.380 e. The highest BCUT2D eigenvalue weighted by molar-refractivity contribution is 6.32. The predicted molar refractivity (Wildman–Crippen MR) is 65.8 cm³/mol. The van der Waals surface area contributed by atoms with Crippen molar-refractivity contribution >= 4 is 17.4 Å². The van der Waals surface area contributed by atoms with Crippen LogP contribution >= 0.6 is 11.6 Å². The topological polar surface area (TPSA) is 47.0 Å². The van der Waals surface area contributed by atoms with Gasteiger partial charge in [-0.15, -0.1) is 0 Å². The van der Waals surface area contributed by atoms with Gasteiger partial charge in [0.15, 0.2) is 0 Å². The number of rotatable bonds is 6. The molecule has 0 aliphatic heterocycles. The van der Waals surface area contributed by atoms with Crippen molar-refractivity contribution in [2.75, 3.05) is 18.5 Å². The summed E-state index contributed by atoms with van der Waals surface area (Å²) < 4.78 is 5.42. The summed E-state index contributed by atoms with van der Waals surface area (Å²) in [6, 6.07) is 0.201. The van der Waals surface area contributed by atoms with Crippen LogP contribution < -0.4 is 5.32 Å². The van der Waals surface area contributed by atoms with Crippen LogP contribution in [0.3, 0.4) is 0 Å². The average molecular weight is 244 g/mol. The zero-order valence-electron chi connectivity index (χ0n) is 9.90. The van der Waals surface area contributed by atoms with Crippen molar-refractivity contribution in [2.24, 2.45) is 5.92 Å². The van der Waals surface area contributed by atoms with E-state index in [1.165, 1.54) is 6.33 Å². The fourth-order valence-corrected chi connectivity index (χ4v) is 1.40. The third kappa shape index (κ3) is 3.94. The van der Waals surface area contributed by atoms with E-state index in [9.17, 15) is 0 Å². The first-order valence-corrected chi connectivity index (χ1v) is 5.82. The lowest BCUT2D eigenvalue weighted by molar-refractivity contribution is 0.126. The molecular weight excluding hydrogens is 226 g/mol. The molecule has 0 spiro atoms. The number of anilines is 1. The molecule has 0 amide bonds. The van der Waals surface area contributed by atoms with Gasteiger partial charge in [-0.25, -0.2) is 9.97 Å². The molecule has 0 bridgehead atoms. The second kappa shape index (κ2) is 6.66. The van der Waals surface area contributed by atoms with Crippen LogP contribution in [0.25, 0.3) is 0 Å². The Bertz CT molecular complexity index is 320. The van der Waals surface area contributed by atoms with E-state index in [4.69, 9.17) is 16.3 Å². The van der Waals surface area contributed by atoms with Gasteiger partial charge < -0.3 is 10.1 Å². The quantitative estimate of drug-likeness (QED) is 0.834. The molecule has 5 heteroatoms. The summed E-state index contributed by atoms with van der Waals surface area (Å²) in [4.78, 5) is 7.94. The molecule has 0 radical (unpaired) electrons. The summed E-state index contributed by atoms with van der Waals surface area (Å²) in [5, 5.41) is 3.81. The number of hydrogen-bond acceptors (Lipinski definition) is 4. The lowest BCUT2D eigenvalue weighted by atomic mass is 10.1. The van der Waals surface area contributed by atoms with E-state index in [-0.39, 0.29) is 6.04 Å². The SMILES string of the molecule is CCOCC(Nc1ncncc1Cl)C(C)C. The molecule has 1 N–H and O–H groups in total. The number of aromatic nitrogens is 2. The average Bonchev–Trinajstić information content (AvgIpc) is 2.26. The van der Waals surface area contributed by atoms with Crippen molar-refractivity contribution in [1.29, 1.82) is 0 Å². The molecule has 1 atom stereocenters. The molecule has 0 fully saturated rings. The molecule has 1 aromatic heterocycles. The Kier molecular flexibility index (Phi) is 5.49. The second-order valence-corrected chi connectivity index (χ2v) is 4.28. The molecule has 16 heavy (non-hydrogen) atoms. The van der Waals surface area contributed by atoms with Gasteiger partial charge >= 0.3 is 0 Å². The van der Waals surface area contributed by atoms with E-state index < -0.39 is 0 Å². The first kappa shape index (κ1) is 13.2. The summed E-state index contributed by atoms with van der Waals surface area (Å²) >= 11 is 5.98. The summed E-state index contributed by atoms with van der Waals surface area (Å²) in [6.07, 6.45) is 3.06. The minimum absolute atomic E-state index is 0.201. The van der Waals surface area contributed by atoms with Crippen molar-refractivity contribution in [2.45, 2.75) is 26.8 Å². The van der Waals surface area contributed by atoms with Gasteiger partial charge in [-0.3, -0.25) is 0 Å². The minimum atomic E-state index is 0.201. The van der Waals surface area contributed by atoms with E-state index in [2.05, 4.69) is 29.1 Å². The standard InChI is InChI=1S/C11H18ClN3O/c1-4-16-6-10(8(2)3)15-11-9(12)5-13-7-14-11/h5,7-8,10H,4,6H2,1-3H3,(H,13,14,15). The predicted octanol–water partition coefficient (Wildman–Crippen LogP) is 2.60. The summed E-state index contributed by atoms with van der Waals surface area (Å²) in [5.74, 6) is 1.10. The highest BCUT2D eigenvalue weighted by Crippen LogP contribution is 2.19. The fraction of sp³-hybridized carbons (Fsp3) is 0.636. The lowest BCUT2D eigenvalue weighted by Crippen LogP contribution is -2.31. The third-order valence-electron chi connectivity index (χ3n) is 2.30. The zero-order chi connectivity index (χ0) is 12.0. The number of nitrogens with zero attached hydrogens (tertiary/aromatic N) is 2. The number of hydrogen-bond donors (Lipinski definition) is 1. The molecule has 1 heterocycles. The Morgan fingerprint density at radius 2 is 2.25 bits per heavy atom. The lowest BCUT2D eigenvalue weighted by Gasteiger charge is -2.22. The molecule has 0 aliphatic rings. The number of nitrogens with one attached hydrogen (secondary N) is 1. The van der Waals surface area contributed by atoms with Crippen LogP contribution in [0, 0.1) is 5.92 Å². The maximum atomic E-state index is 5.98. The van der Waals surface area contributed by atoms with Crippen molar-refractivity contribution in [3.63, 3.8) is 0 Å². The molecule has 0 saturated carbocycles. The first-order chi connectivity index (χ1) is 7.65. The Morgan fingerprint density at radius 3 is 2.81 bits per heavy atom. The minimum Gasteiger partial charge on any atom is -0.380 e. The van der Waals surface area contributed by atoms with E-state index in [0.29, 0.717) is 30.0 Å². The van der Waals surface area contributed by atoms with Gasteiger partial charge in [-0.1, -0.05) is 25.4 Å². The van der Waals surface area contributed by atoms with Crippen molar-refractivity contribution < 1.29 is 4.74 Å². The molecule has 90 valence electrons. The highest BCUT2D eigenvalue weighted by Gasteiger charge is 2.15. The monoisotopic (exact) mass is 243 g/mol. The fourth-order valence-electron chi connectivity index (χ4n) is 1.24. The van der Waals surface area contributed by atoms with E-state index in [0.717, 1.165) is 0 Å². The summed E-state index contributed by atoms with van der Waals surface area (Å²) in [7, 11) is 0. The smallest absolute Gasteiger partial charge is 0.148 e. The van der Waals surface area contributed by atoms with Crippen LogP contribution in [-0.4, -0.2) is 29.2 Å². The van der Waals surface area contributed by atoms with Crippen molar-refractivity contribution in [1.82, 2.24) is 9.97 Å². The Balaban J connectivity index is 2.64. The van der Waals surface area contributed by atoms with Gasteiger partial charge in [0, 0.05) is 6.61 Å².